The Bertz CT molecular complexity index is 285. The van der Waals surface area contributed by atoms with Crippen molar-refractivity contribution in [3.8, 4) is 0 Å². The van der Waals surface area contributed by atoms with Gasteiger partial charge in [-0.3, -0.25) is 0 Å². The zero-order valence-corrected chi connectivity index (χ0v) is 14.9. The van der Waals surface area contributed by atoms with Crippen molar-refractivity contribution in [3.05, 3.63) is 0 Å². The minimum atomic E-state index is -0.257. The van der Waals surface area contributed by atoms with E-state index >= 15 is 0 Å². The van der Waals surface area contributed by atoms with E-state index in [9.17, 15) is 0 Å². The molecule has 4 heteroatoms. The lowest BCUT2D eigenvalue weighted by Gasteiger charge is -2.36. The van der Waals surface area contributed by atoms with E-state index < -0.39 is 0 Å². The third kappa shape index (κ3) is 4.67. The Kier molecular flexibility index (Phi) is 6.69. The fourth-order valence-electron chi connectivity index (χ4n) is 3.68. The average Bonchev–Trinajstić information content (AvgIpc) is 3.01. The first-order valence-electron chi connectivity index (χ1n) is 8.91. The molecule has 4 nitrogen and oxygen atoms in total. The summed E-state index contributed by atoms with van der Waals surface area (Å²) in [6.07, 6.45) is 9.27. The summed E-state index contributed by atoms with van der Waals surface area (Å²) < 4.78 is 21.9. The fourth-order valence-corrected chi connectivity index (χ4v) is 3.68. The van der Waals surface area contributed by atoms with Gasteiger partial charge in [0.2, 0.25) is 0 Å². The van der Waals surface area contributed by atoms with Crippen molar-refractivity contribution in [1.29, 1.82) is 0 Å². The second kappa shape index (κ2) is 8.09. The maximum atomic E-state index is 5.61. The van der Waals surface area contributed by atoms with Crippen LogP contribution in [-0.4, -0.2) is 39.0 Å². The third-order valence-electron chi connectivity index (χ3n) is 5.63. The van der Waals surface area contributed by atoms with E-state index in [2.05, 4.69) is 13.8 Å². The summed E-state index contributed by atoms with van der Waals surface area (Å²) in [4.78, 5) is 0. The van der Waals surface area contributed by atoms with E-state index in [1.807, 2.05) is 0 Å². The van der Waals surface area contributed by atoms with E-state index in [0.29, 0.717) is 0 Å². The molecule has 0 radical (unpaired) electrons. The molecule has 130 valence electrons. The molecule has 22 heavy (non-hydrogen) atoms. The monoisotopic (exact) mass is 314 g/mol. The van der Waals surface area contributed by atoms with Crippen LogP contribution in [0.4, 0.5) is 0 Å². The van der Waals surface area contributed by atoms with Crippen LogP contribution in [0.2, 0.25) is 0 Å². The van der Waals surface area contributed by atoms with Crippen molar-refractivity contribution in [2.24, 2.45) is 11.8 Å². The smallest absolute Gasteiger partial charge is 0.168 e. The molecule has 2 aliphatic carbocycles. The Labute approximate surface area is 135 Å². The van der Waals surface area contributed by atoms with Crippen LogP contribution in [0.1, 0.15) is 65.2 Å². The molecule has 1 saturated heterocycles. The molecule has 2 saturated carbocycles. The number of rotatable bonds is 2. The highest BCUT2D eigenvalue weighted by atomic mass is 16.7. The highest BCUT2D eigenvalue weighted by Gasteiger charge is 2.39. The lowest BCUT2D eigenvalue weighted by atomic mass is 9.86. The molecule has 1 spiro atoms. The van der Waals surface area contributed by atoms with Crippen molar-refractivity contribution < 1.29 is 18.9 Å². The van der Waals surface area contributed by atoms with Gasteiger partial charge >= 0.3 is 0 Å². The maximum Gasteiger partial charge on any atom is 0.168 e. The van der Waals surface area contributed by atoms with Gasteiger partial charge < -0.3 is 18.9 Å². The van der Waals surface area contributed by atoms with Crippen LogP contribution < -0.4 is 0 Å². The Hall–Kier alpha value is -0.160. The molecule has 3 fully saturated rings. The molecule has 0 atom stereocenters. The first kappa shape index (κ1) is 18.2. The van der Waals surface area contributed by atoms with E-state index in [0.717, 1.165) is 50.7 Å². The normalized spacial score (nSPS) is 28.4. The molecule has 1 aliphatic heterocycles. The molecule has 0 unspecified atom stereocenters. The minimum absolute atomic E-state index is 0.146. The molecule has 3 aliphatic rings. The van der Waals surface area contributed by atoms with Gasteiger partial charge in [-0.1, -0.05) is 13.8 Å². The van der Waals surface area contributed by atoms with Crippen LogP contribution >= 0.6 is 0 Å². The minimum Gasteiger partial charge on any atom is -0.353 e. The van der Waals surface area contributed by atoms with E-state index in [-0.39, 0.29) is 11.6 Å². The summed E-state index contributed by atoms with van der Waals surface area (Å²) in [6, 6.07) is 0. The molecular formula is C18H34O4. The van der Waals surface area contributed by atoms with Crippen molar-refractivity contribution >= 4 is 0 Å². The van der Waals surface area contributed by atoms with Gasteiger partial charge in [0.15, 0.2) is 11.6 Å². The molecule has 1 heterocycles. The number of ether oxygens (including phenoxy) is 4. The maximum absolute atomic E-state index is 5.61. The highest BCUT2D eigenvalue weighted by molar-refractivity contribution is 4.80. The zero-order valence-electron chi connectivity index (χ0n) is 14.9. The van der Waals surface area contributed by atoms with Gasteiger partial charge in [-0.25, -0.2) is 0 Å². The van der Waals surface area contributed by atoms with Gasteiger partial charge in [0.25, 0.3) is 0 Å². The molecular weight excluding hydrogens is 280 g/mol. The Morgan fingerprint density at radius 1 is 0.727 bits per heavy atom. The quantitative estimate of drug-likeness (QED) is 0.718. The van der Waals surface area contributed by atoms with Crippen LogP contribution in [0.3, 0.4) is 0 Å². The third-order valence-corrected chi connectivity index (χ3v) is 5.63. The summed E-state index contributed by atoms with van der Waals surface area (Å²) in [5, 5.41) is 0. The average molecular weight is 314 g/mol. The molecule has 0 aromatic carbocycles. The second-order valence-electron chi connectivity index (χ2n) is 7.29. The van der Waals surface area contributed by atoms with E-state index in [1.54, 1.807) is 14.2 Å². The summed E-state index contributed by atoms with van der Waals surface area (Å²) >= 11 is 0. The molecule has 0 bridgehead atoms. The zero-order chi connectivity index (χ0) is 16.1. The van der Waals surface area contributed by atoms with Crippen molar-refractivity contribution in [1.82, 2.24) is 0 Å². The van der Waals surface area contributed by atoms with Gasteiger partial charge in [-0.15, -0.1) is 0 Å². The Balaban J connectivity index is 0.000000160. The van der Waals surface area contributed by atoms with Crippen LogP contribution in [0.5, 0.6) is 0 Å². The molecule has 0 N–H and O–H groups in total. The molecule has 0 aromatic heterocycles. The second-order valence-corrected chi connectivity index (χ2v) is 7.29. The Morgan fingerprint density at radius 2 is 1.14 bits per heavy atom. The molecule has 3 rings (SSSR count). The summed E-state index contributed by atoms with van der Waals surface area (Å²) in [7, 11) is 3.47. The number of methoxy groups -OCH3 is 2. The van der Waals surface area contributed by atoms with Crippen LogP contribution in [0, 0.1) is 11.8 Å². The summed E-state index contributed by atoms with van der Waals surface area (Å²) in [6.45, 7) is 6.19. The predicted molar refractivity (Wildman–Crippen MR) is 86.6 cm³/mol. The largest absolute Gasteiger partial charge is 0.353 e. The molecule has 0 aromatic rings. The number of hydrogen-bond donors (Lipinski definition) is 0. The van der Waals surface area contributed by atoms with Gasteiger partial charge in [0.1, 0.15) is 0 Å². The van der Waals surface area contributed by atoms with Gasteiger partial charge in [0.05, 0.1) is 13.2 Å². The van der Waals surface area contributed by atoms with Crippen molar-refractivity contribution in [2.75, 3.05) is 27.4 Å². The van der Waals surface area contributed by atoms with Crippen LogP contribution in [-0.2, 0) is 18.9 Å². The fraction of sp³-hybridized carbons (Fsp3) is 1.00. The first-order chi connectivity index (χ1) is 10.5. The topological polar surface area (TPSA) is 36.9 Å². The van der Waals surface area contributed by atoms with E-state index in [1.165, 1.54) is 25.7 Å². The van der Waals surface area contributed by atoms with Crippen molar-refractivity contribution in [2.45, 2.75) is 76.8 Å². The highest BCUT2D eigenvalue weighted by Crippen LogP contribution is 2.37. The predicted octanol–water partition coefficient (Wildman–Crippen LogP) is 4.13. The van der Waals surface area contributed by atoms with Gasteiger partial charge in [0, 0.05) is 39.9 Å². The number of hydrogen-bond acceptors (Lipinski definition) is 4. The van der Waals surface area contributed by atoms with E-state index in [4.69, 9.17) is 18.9 Å². The lowest BCUT2D eigenvalue weighted by Crippen LogP contribution is -2.37. The van der Waals surface area contributed by atoms with Crippen LogP contribution in [0.25, 0.3) is 0 Å². The summed E-state index contributed by atoms with van der Waals surface area (Å²) in [5.74, 6) is 1.31. The summed E-state index contributed by atoms with van der Waals surface area (Å²) in [5.41, 5.74) is 0. The Morgan fingerprint density at radius 3 is 1.55 bits per heavy atom. The standard InChI is InChI=1S/C9H16O2.C9H18O2/c1-8-2-4-9(5-3-8)10-6-7-11-9;1-8-4-6-9(10-2,11-3)7-5-8/h8H,2-7H2,1H3;8H,4-7H2,1-3H3. The van der Waals surface area contributed by atoms with Crippen LogP contribution in [0.15, 0.2) is 0 Å². The van der Waals surface area contributed by atoms with Gasteiger partial charge in [-0.05, 0) is 37.5 Å². The van der Waals surface area contributed by atoms with Crippen molar-refractivity contribution in [3.63, 3.8) is 0 Å². The van der Waals surface area contributed by atoms with Gasteiger partial charge in [-0.2, -0.15) is 0 Å². The molecule has 0 amide bonds. The lowest BCUT2D eigenvalue weighted by molar-refractivity contribution is -0.226. The first-order valence-corrected chi connectivity index (χ1v) is 8.91. The SMILES string of the molecule is CC1CCC2(CC1)OCCO2.COC1(OC)CCC(C)CC1.